The van der Waals surface area contributed by atoms with Gasteiger partial charge in [-0.25, -0.2) is 4.79 Å². The highest BCUT2D eigenvalue weighted by Gasteiger charge is 2.43. The maximum absolute atomic E-state index is 11.7. The summed E-state index contributed by atoms with van der Waals surface area (Å²) in [5, 5.41) is 19.9. The Bertz CT molecular complexity index is 588. The molecule has 0 aromatic carbocycles. The minimum atomic E-state index is -1.60. The summed E-state index contributed by atoms with van der Waals surface area (Å²) in [6.07, 6.45) is -2.62. The van der Waals surface area contributed by atoms with Crippen molar-refractivity contribution in [3.63, 3.8) is 0 Å². The molecule has 1 aliphatic rings. The number of aromatic nitrogens is 2. The van der Waals surface area contributed by atoms with Crippen molar-refractivity contribution in [3.05, 3.63) is 33.1 Å². The van der Waals surface area contributed by atoms with E-state index in [4.69, 9.17) is 9.26 Å². The molecule has 21 heavy (non-hydrogen) atoms. The van der Waals surface area contributed by atoms with Gasteiger partial charge in [0, 0.05) is 25.5 Å². The van der Waals surface area contributed by atoms with E-state index in [0.717, 1.165) is 10.6 Å². The van der Waals surface area contributed by atoms with E-state index in [2.05, 4.69) is 0 Å². The topological polar surface area (TPSA) is 134 Å². The summed E-state index contributed by atoms with van der Waals surface area (Å²) >= 11 is 0. The first-order valence-corrected chi connectivity index (χ1v) is 7.67. The second-order valence-corrected chi connectivity index (χ2v) is 6.13. The van der Waals surface area contributed by atoms with Gasteiger partial charge in [0.05, 0.1) is 6.10 Å². The van der Waals surface area contributed by atoms with Gasteiger partial charge in [-0.1, -0.05) is 0 Å². The molecule has 5 atom stereocenters. The smallest absolute Gasteiger partial charge is 0.330 e. The average Bonchev–Trinajstić information content (AvgIpc) is 2.73. The van der Waals surface area contributed by atoms with Gasteiger partial charge in [-0.2, -0.15) is 0 Å². The van der Waals surface area contributed by atoms with E-state index in [1.807, 2.05) is 4.98 Å². The third kappa shape index (κ3) is 3.57. The zero-order valence-corrected chi connectivity index (χ0v) is 12.1. The van der Waals surface area contributed by atoms with Crippen LogP contribution in [0, 0.1) is 0 Å². The quantitative estimate of drug-likeness (QED) is 0.485. The number of ether oxygens (including phenoxy) is 1. The maximum Gasteiger partial charge on any atom is 0.330 e. The Morgan fingerprint density at radius 2 is 2.14 bits per heavy atom. The van der Waals surface area contributed by atoms with Gasteiger partial charge >= 0.3 is 5.69 Å². The van der Waals surface area contributed by atoms with E-state index in [9.17, 15) is 24.7 Å². The summed E-state index contributed by atoms with van der Waals surface area (Å²) in [6.45, 7) is 0. The van der Waals surface area contributed by atoms with Crippen LogP contribution in [0.5, 0.6) is 0 Å². The first-order chi connectivity index (χ1) is 9.93. The second kappa shape index (κ2) is 6.78. The molecule has 1 aromatic rings. The van der Waals surface area contributed by atoms with Crippen molar-refractivity contribution < 1.29 is 24.4 Å². The van der Waals surface area contributed by atoms with Crippen molar-refractivity contribution >= 4 is 8.38 Å². The van der Waals surface area contributed by atoms with Gasteiger partial charge in [-0.15, -0.1) is 0 Å². The average molecular weight is 320 g/mol. The largest absolute Gasteiger partial charge is 0.388 e. The van der Waals surface area contributed by atoms with Gasteiger partial charge in [0.15, 0.2) is 14.6 Å². The van der Waals surface area contributed by atoms with Crippen LogP contribution in [0.1, 0.15) is 12.6 Å². The molecular formula is C11H17N2O7P. The Morgan fingerprint density at radius 1 is 1.43 bits per heavy atom. The van der Waals surface area contributed by atoms with E-state index in [1.165, 1.54) is 13.3 Å². The van der Waals surface area contributed by atoms with E-state index < -0.39 is 44.2 Å². The standard InChI is InChI=1S/C11H17N2O7P/c1-19-21(18)5-3-6-8(15)9(16)10(20-6)13-4-2-7(14)12-11(13)17/h2,4,6,8-10,15-16,18H,3,5H2,1H3,(H,12,14,17)/t6-,8+,9?,10-,21?/m1/s1. The van der Waals surface area contributed by atoms with Crippen LogP contribution in [0.15, 0.2) is 21.9 Å². The summed E-state index contributed by atoms with van der Waals surface area (Å²) in [5.41, 5.74) is -1.30. The fourth-order valence-corrected chi connectivity index (χ4v) is 2.81. The maximum atomic E-state index is 11.7. The Morgan fingerprint density at radius 3 is 2.76 bits per heavy atom. The summed E-state index contributed by atoms with van der Waals surface area (Å²) in [4.78, 5) is 34.1. The number of aromatic amines is 1. The molecule has 2 rings (SSSR count). The van der Waals surface area contributed by atoms with Gasteiger partial charge in [-0.3, -0.25) is 14.3 Å². The summed E-state index contributed by atoms with van der Waals surface area (Å²) in [5.74, 6) is 0. The molecular weight excluding hydrogens is 303 g/mol. The van der Waals surface area contributed by atoms with Crippen molar-refractivity contribution in [1.29, 1.82) is 0 Å². The highest BCUT2D eigenvalue weighted by Crippen LogP contribution is 2.35. The molecule has 0 saturated carbocycles. The van der Waals surface area contributed by atoms with Gasteiger partial charge in [0.25, 0.3) is 5.56 Å². The summed E-state index contributed by atoms with van der Waals surface area (Å²) in [6, 6.07) is 1.12. The molecule has 0 bridgehead atoms. The molecule has 2 heterocycles. The lowest BCUT2D eigenvalue weighted by atomic mass is 10.1. The van der Waals surface area contributed by atoms with Crippen LogP contribution in [0.4, 0.5) is 0 Å². The fraction of sp³-hybridized carbons (Fsp3) is 0.636. The van der Waals surface area contributed by atoms with E-state index in [0.29, 0.717) is 0 Å². The molecule has 1 aliphatic heterocycles. The van der Waals surface area contributed by atoms with Crippen LogP contribution in [-0.4, -0.2) is 56.2 Å². The van der Waals surface area contributed by atoms with Crippen LogP contribution >= 0.6 is 8.38 Å². The number of aliphatic hydroxyl groups excluding tert-OH is 2. The predicted molar refractivity (Wildman–Crippen MR) is 72.9 cm³/mol. The molecule has 1 aromatic heterocycles. The van der Waals surface area contributed by atoms with Crippen LogP contribution in [0.2, 0.25) is 0 Å². The van der Waals surface area contributed by atoms with Crippen molar-refractivity contribution in [1.82, 2.24) is 9.55 Å². The molecule has 9 nitrogen and oxygen atoms in total. The highest BCUT2D eigenvalue weighted by molar-refractivity contribution is 7.46. The number of rotatable bonds is 5. The molecule has 2 unspecified atom stereocenters. The number of aliphatic hydroxyl groups is 2. The molecule has 0 radical (unpaired) electrons. The molecule has 0 aliphatic carbocycles. The third-order valence-electron chi connectivity index (χ3n) is 3.28. The van der Waals surface area contributed by atoms with Crippen molar-refractivity contribution in [2.45, 2.75) is 31.0 Å². The Hall–Kier alpha value is -1.09. The van der Waals surface area contributed by atoms with Gasteiger partial charge in [-0.05, 0) is 6.42 Å². The van der Waals surface area contributed by atoms with Crippen LogP contribution in [0.25, 0.3) is 0 Å². The normalized spacial score (nSPS) is 30.5. The molecule has 118 valence electrons. The lowest BCUT2D eigenvalue weighted by molar-refractivity contribution is -0.0404. The molecule has 4 N–H and O–H groups in total. The molecule has 10 heteroatoms. The van der Waals surface area contributed by atoms with E-state index >= 15 is 0 Å². The second-order valence-electron chi connectivity index (χ2n) is 4.61. The first-order valence-electron chi connectivity index (χ1n) is 6.27. The monoisotopic (exact) mass is 320 g/mol. The van der Waals surface area contributed by atoms with Crippen LogP contribution < -0.4 is 11.2 Å². The highest BCUT2D eigenvalue weighted by atomic mass is 31.2. The van der Waals surface area contributed by atoms with E-state index in [1.54, 1.807) is 0 Å². The number of hydrogen-bond acceptors (Lipinski definition) is 7. The number of nitrogens with zero attached hydrogens (tertiary/aromatic N) is 1. The Labute approximate surface area is 120 Å². The van der Waals surface area contributed by atoms with Gasteiger partial charge in [0.1, 0.15) is 12.2 Å². The minimum Gasteiger partial charge on any atom is -0.388 e. The Kier molecular flexibility index (Phi) is 5.26. The lowest BCUT2D eigenvalue weighted by Gasteiger charge is -2.16. The van der Waals surface area contributed by atoms with E-state index in [-0.39, 0.29) is 12.6 Å². The molecule has 1 fully saturated rings. The zero-order chi connectivity index (χ0) is 15.6. The first kappa shape index (κ1) is 16.3. The van der Waals surface area contributed by atoms with Crippen molar-refractivity contribution in [2.24, 2.45) is 0 Å². The van der Waals surface area contributed by atoms with Crippen molar-refractivity contribution in [2.75, 3.05) is 13.3 Å². The zero-order valence-electron chi connectivity index (χ0n) is 11.2. The van der Waals surface area contributed by atoms with Crippen LogP contribution in [0.3, 0.4) is 0 Å². The SMILES string of the molecule is COP(O)CC[C@H]1O[C@@H](n2ccc(=O)[nH]c2=O)C(O)[C@H]1O. The number of nitrogens with one attached hydrogen (secondary N) is 1. The summed E-state index contributed by atoms with van der Waals surface area (Å²) in [7, 11) is -0.225. The molecule has 1 saturated heterocycles. The van der Waals surface area contributed by atoms with Gasteiger partial charge < -0.3 is 24.4 Å². The molecule has 0 amide bonds. The minimum absolute atomic E-state index is 0.267. The van der Waals surface area contributed by atoms with Crippen LogP contribution in [-0.2, 0) is 9.26 Å². The lowest BCUT2D eigenvalue weighted by Crippen LogP contribution is -2.37. The number of H-pyrrole nitrogens is 1. The number of hydrogen-bond donors (Lipinski definition) is 4. The Balaban J connectivity index is 2.12. The predicted octanol–water partition coefficient (Wildman–Crippen LogP) is -1.50. The summed E-state index contributed by atoms with van der Waals surface area (Å²) < 4.78 is 11.2. The van der Waals surface area contributed by atoms with Gasteiger partial charge in [0.2, 0.25) is 0 Å². The fourth-order valence-electron chi connectivity index (χ4n) is 2.15. The van der Waals surface area contributed by atoms with Crippen molar-refractivity contribution in [3.8, 4) is 0 Å². The molecule has 0 spiro atoms. The third-order valence-corrected chi connectivity index (χ3v) is 4.34.